The first-order valence-electron chi connectivity index (χ1n) is 8.51. The Labute approximate surface area is 137 Å². The maximum Gasteiger partial charge on any atom is 0.302 e. The molecule has 23 heavy (non-hydrogen) atoms. The normalized spacial score (nSPS) is 20.5. The number of carbonyl (C=O) groups is 1. The van der Waals surface area contributed by atoms with Gasteiger partial charge in [0.15, 0.2) is 0 Å². The summed E-state index contributed by atoms with van der Waals surface area (Å²) in [4.78, 5) is 14.7. The summed E-state index contributed by atoms with van der Waals surface area (Å²) in [5, 5.41) is 1.31. The van der Waals surface area contributed by atoms with Gasteiger partial charge in [0, 0.05) is 24.2 Å². The molecule has 0 aliphatic carbocycles. The molecule has 0 unspecified atom stereocenters. The lowest BCUT2D eigenvalue weighted by molar-refractivity contribution is -0.144. The van der Waals surface area contributed by atoms with Crippen LogP contribution in [0.25, 0.3) is 10.9 Å². The third kappa shape index (κ3) is 2.76. The molecule has 0 amide bonds. The molecule has 0 fully saturated rings. The molecule has 1 aliphatic heterocycles. The van der Waals surface area contributed by atoms with Gasteiger partial charge in [-0.15, -0.1) is 0 Å². The molecular weight excluding hydrogens is 290 g/mol. The number of aromatic nitrogens is 1. The summed E-state index contributed by atoms with van der Waals surface area (Å²) < 4.78 is 11.4. The van der Waals surface area contributed by atoms with Gasteiger partial charge in [-0.3, -0.25) is 4.79 Å². The Morgan fingerprint density at radius 3 is 2.91 bits per heavy atom. The molecule has 0 saturated carbocycles. The Hall–Kier alpha value is -1.81. The van der Waals surface area contributed by atoms with E-state index < -0.39 is 0 Å². The number of rotatable bonds is 5. The van der Waals surface area contributed by atoms with Gasteiger partial charge >= 0.3 is 5.97 Å². The van der Waals surface area contributed by atoms with Gasteiger partial charge in [0.25, 0.3) is 0 Å². The number of aryl methyl sites for hydroxylation is 1. The number of para-hydroxylation sites is 1. The smallest absolute Gasteiger partial charge is 0.302 e. The molecule has 4 heteroatoms. The molecule has 1 atom stereocenters. The number of benzene rings is 1. The fourth-order valence-electron chi connectivity index (χ4n) is 3.71. The van der Waals surface area contributed by atoms with E-state index in [0.717, 1.165) is 19.3 Å². The van der Waals surface area contributed by atoms with Crippen molar-refractivity contribution in [1.29, 1.82) is 0 Å². The summed E-state index contributed by atoms with van der Waals surface area (Å²) in [7, 11) is 0. The Morgan fingerprint density at radius 2 is 2.22 bits per heavy atom. The van der Waals surface area contributed by atoms with E-state index >= 15 is 0 Å². The molecule has 1 aromatic heterocycles. The van der Waals surface area contributed by atoms with Crippen molar-refractivity contribution in [1.82, 2.24) is 4.98 Å². The standard InChI is InChI=1S/C19H25NO3/c1-4-14-7-6-8-15-16-9-11-23-19(5-2,10-12-22-13(3)21)18(16)20-17(14)15/h6-8,20H,4-5,9-12H2,1-3H3/t19-/m0/s1. The van der Waals surface area contributed by atoms with Crippen LogP contribution in [-0.2, 0) is 32.7 Å². The summed E-state index contributed by atoms with van der Waals surface area (Å²) in [5.41, 5.74) is 4.73. The molecule has 3 rings (SSSR count). The zero-order valence-electron chi connectivity index (χ0n) is 14.2. The minimum Gasteiger partial charge on any atom is -0.466 e. The van der Waals surface area contributed by atoms with Crippen molar-refractivity contribution in [3.05, 3.63) is 35.0 Å². The van der Waals surface area contributed by atoms with E-state index in [1.807, 2.05) is 0 Å². The summed E-state index contributed by atoms with van der Waals surface area (Å²) in [5.74, 6) is -0.239. The van der Waals surface area contributed by atoms with Crippen LogP contribution in [0.5, 0.6) is 0 Å². The largest absolute Gasteiger partial charge is 0.466 e. The SMILES string of the molecule is CCc1cccc2c3c([nH]c12)[C@](CC)(CCOC(C)=O)OCC3. The molecule has 0 spiro atoms. The molecule has 0 saturated heterocycles. The number of nitrogens with one attached hydrogen (secondary N) is 1. The highest BCUT2D eigenvalue weighted by Crippen LogP contribution is 2.42. The minimum atomic E-state index is -0.382. The number of carbonyl (C=O) groups excluding carboxylic acids is 1. The quantitative estimate of drug-likeness (QED) is 0.852. The second-order valence-electron chi connectivity index (χ2n) is 6.21. The molecule has 2 aromatic rings. The highest BCUT2D eigenvalue weighted by Gasteiger charge is 2.39. The van der Waals surface area contributed by atoms with Crippen LogP contribution >= 0.6 is 0 Å². The van der Waals surface area contributed by atoms with Gasteiger partial charge in [0.2, 0.25) is 0 Å². The number of hydrogen-bond donors (Lipinski definition) is 1. The van der Waals surface area contributed by atoms with Gasteiger partial charge in [-0.25, -0.2) is 0 Å². The number of ether oxygens (including phenoxy) is 2. The van der Waals surface area contributed by atoms with E-state index in [1.54, 1.807) is 0 Å². The first-order valence-corrected chi connectivity index (χ1v) is 8.51. The molecular formula is C19H25NO3. The predicted molar refractivity (Wildman–Crippen MR) is 90.6 cm³/mol. The van der Waals surface area contributed by atoms with E-state index in [0.29, 0.717) is 19.6 Å². The van der Waals surface area contributed by atoms with E-state index in [1.165, 1.54) is 34.6 Å². The first kappa shape index (κ1) is 16.1. The third-order valence-electron chi connectivity index (χ3n) is 4.98. The third-order valence-corrected chi connectivity index (χ3v) is 4.98. The first-order chi connectivity index (χ1) is 11.1. The van der Waals surface area contributed by atoms with Crippen LogP contribution < -0.4 is 0 Å². The van der Waals surface area contributed by atoms with E-state index in [9.17, 15) is 4.79 Å². The van der Waals surface area contributed by atoms with Crippen LogP contribution in [0.4, 0.5) is 0 Å². The Kier molecular flexibility index (Phi) is 4.44. The number of hydrogen-bond acceptors (Lipinski definition) is 3. The van der Waals surface area contributed by atoms with E-state index in [4.69, 9.17) is 9.47 Å². The molecule has 1 aliphatic rings. The maximum atomic E-state index is 11.1. The summed E-state index contributed by atoms with van der Waals surface area (Å²) >= 11 is 0. The van der Waals surface area contributed by atoms with Crippen molar-refractivity contribution in [3.8, 4) is 0 Å². The number of H-pyrrole nitrogens is 1. The average Bonchev–Trinajstić information content (AvgIpc) is 2.94. The van der Waals surface area contributed by atoms with Crippen LogP contribution in [0, 0.1) is 0 Å². The van der Waals surface area contributed by atoms with Crippen molar-refractivity contribution >= 4 is 16.9 Å². The summed E-state index contributed by atoms with van der Waals surface area (Å²) in [6.07, 6.45) is 3.47. The fourth-order valence-corrected chi connectivity index (χ4v) is 3.71. The molecule has 0 radical (unpaired) electrons. The topological polar surface area (TPSA) is 51.3 Å². The van der Waals surface area contributed by atoms with Crippen LogP contribution in [0.3, 0.4) is 0 Å². The molecule has 2 heterocycles. The highest BCUT2D eigenvalue weighted by atomic mass is 16.5. The van der Waals surface area contributed by atoms with Crippen LogP contribution in [0.15, 0.2) is 18.2 Å². The molecule has 1 aromatic carbocycles. The lowest BCUT2D eigenvalue weighted by atomic mass is 9.86. The van der Waals surface area contributed by atoms with Crippen molar-refractivity contribution in [2.24, 2.45) is 0 Å². The second kappa shape index (κ2) is 6.36. The minimum absolute atomic E-state index is 0.239. The van der Waals surface area contributed by atoms with Gasteiger partial charge in [-0.2, -0.15) is 0 Å². The molecule has 4 nitrogen and oxygen atoms in total. The Morgan fingerprint density at radius 1 is 1.39 bits per heavy atom. The lowest BCUT2D eigenvalue weighted by Crippen LogP contribution is -2.36. The number of aromatic amines is 1. The van der Waals surface area contributed by atoms with Gasteiger partial charge in [-0.1, -0.05) is 32.0 Å². The van der Waals surface area contributed by atoms with Crippen molar-refractivity contribution < 1.29 is 14.3 Å². The molecule has 124 valence electrons. The van der Waals surface area contributed by atoms with Gasteiger partial charge in [0.05, 0.1) is 18.9 Å². The summed E-state index contributed by atoms with van der Waals surface area (Å²) in [6.45, 7) is 6.86. The Balaban J connectivity index is 2.04. The molecule has 0 bridgehead atoms. The second-order valence-corrected chi connectivity index (χ2v) is 6.21. The van der Waals surface area contributed by atoms with E-state index in [2.05, 4.69) is 37.0 Å². The summed E-state index contributed by atoms with van der Waals surface area (Å²) in [6, 6.07) is 6.51. The van der Waals surface area contributed by atoms with E-state index in [-0.39, 0.29) is 11.6 Å². The zero-order valence-corrected chi connectivity index (χ0v) is 14.2. The van der Waals surface area contributed by atoms with Crippen molar-refractivity contribution in [2.45, 2.75) is 52.1 Å². The lowest BCUT2D eigenvalue weighted by Gasteiger charge is -2.36. The average molecular weight is 315 g/mol. The Bertz CT molecular complexity index is 719. The number of fused-ring (bicyclic) bond motifs is 3. The highest BCUT2D eigenvalue weighted by molar-refractivity contribution is 5.88. The molecule has 1 N–H and O–H groups in total. The van der Waals surface area contributed by atoms with Gasteiger partial charge < -0.3 is 14.5 Å². The predicted octanol–water partition coefficient (Wildman–Crippen LogP) is 3.86. The monoisotopic (exact) mass is 315 g/mol. The van der Waals surface area contributed by atoms with Gasteiger partial charge in [0.1, 0.15) is 5.60 Å². The number of esters is 1. The van der Waals surface area contributed by atoms with Crippen molar-refractivity contribution in [2.75, 3.05) is 13.2 Å². The van der Waals surface area contributed by atoms with Gasteiger partial charge in [-0.05, 0) is 30.4 Å². The maximum absolute atomic E-state index is 11.1. The zero-order chi connectivity index (χ0) is 16.4. The fraction of sp³-hybridized carbons (Fsp3) is 0.526. The van der Waals surface area contributed by atoms with Crippen LogP contribution in [0.2, 0.25) is 0 Å². The van der Waals surface area contributed by atoms with Crippen LogP contribution in [-0.4, -0.2) is 24.2 Å². The van der Waals surface area contributed by atoms with Crippen LogP contribution in [0.1, 0.15) is 50.4 Å². The van der Waals surface area contributed by atoms with Crippen molar-refractivity contribution in [3.63, 3.8) is 0 Å².